The molecule has 1 amide bonds. The molecule has 0 unspecified atom stereocenters. The first-order valence-electron chi connectivity index (χ1n) is 6.07. The average molecular weight is 222 g/mol. The molecular weight excluding hydrogens is 204 g/mol. The molecule has 88 valence electrons. The smallest absolute Gasteiger partial charge is 0.224 e. The van der Waals surface area contributed by atoms with E-state index < -0.39 is 5.54 Å². The van der Waals surface area contributed by atoms with Crippen LogP contribution in [0.15, 0.2) is 0 Å². The molecule has 16 heavy (non-hydrogen) atoms. The van der Waals surface area contributed by atoms with Crippen LogP contribution in [-0.4, -0.2) is 34.6 Å². The van der Waals surface area contributed by atoms with E-state index in [9.17, 15) is 10.1 Å². The van der Waals surface area contributed by atoms with Gasteiger partial charge in [-0.25, -0.2) is 0 Å². The lowest BCUT2D eigenvalue weighted by Gasteiger charge is -2.39. The molecule has 1 heterocycles. The number of amides is 1. The van der Waals surface area contributed by atoms with Gasteiger partial charge in [-0.2, -0.15) is 5.26 Å². The topological polar surface area (TPSA) is 64.3 Å². The molecule has 1 aliphatic heterocycles. The number of hydrogen-bond donors (Lipinski definition) is 1. The van der Waals surface area contributed by atoms with Crippen LogP contribution < -0.4 is 0 Å². The van der Waals surface area contributed by atoms with E-state index in [1.165, 1.54) is 0 Å². The summed E-state index contributed by atoms with van der Waals surface area (Å²) < 4.78 is 0. The number of nitriles is 1. The Labute approximate surface area is 95.9 Å². The second kappa shape index (κ2) is 4.42. The zero-order valence-corrected chi connectivity index (χ0v) is 9.48. The summed E-state index contributed by atoms with van der Waals surface area (Å²) in [4.78, 5) is 13.6. The van der Waals surface area contributed by atoms with E-state index in [-0.39, 0.29) is 18.4 Å². The Morgan fingerprint density at radius 1 is 1.56 bits per heavy atom. The van der Waals surface area contributed by atoms with Gasteiger partial charge in [-0.15, -0.1) is 0 Å². The van der Waals surface area contributed by atoms with Gasteiger partial charge < -0.3 is 10.0 Å². The van der Waals surface area contributed by atoms with Gasteiger partial charge in [0.1, 0.15) is 5.54 Å². The van der Waals surface area contributed by atoms with Gasteiger partial charge in [-0.1, -0.05) is 12.8 Å². The number of hydrogen-bond acceptors (Lipinski definition) is 3. The van der Waals surface area contributed by atoms with Crippen LogP contribution in [0.3, 0.4) is 0 Å². The Hall–Kier alpha value is -1.08. The predicted octanol–water partition coefficient (Wildman–Crippen LogP) is 1.05. The van der Waals surface area contributed by atoms with Gasteiger partial charge in [0.05, 0.1) is 6.07 Å². The fraction of sp³-hybridized carbons (Fsp3) is 0.833. The Kier molecular flexibility index (Phi) is 3.15. The average Bonchev–Trinajstić information content (AvgIpc) is 2.59. The zero-order valence-electron chi connectivity index (χ0n) is 9.48. The molecule has 1 saturated heterocycles. The maximum Gasteiger partial charge on any atom is 0.224 e. The summed E-state index contributed by atoms with van der Waals surface area (Å²) in [6.45, 7) is 0.606. The normalized spacial score (nSPS) is 33.6. The molecule has 0 bridgehead atoms. The quantitative estimate of drug-likeness (QED) is 0.776. The fourth-order valence-electron chi connectivity index (χ4n) is 3.16. The van der Waals surface area contributed by atoms with E-state index in [2.05, 4.69) is 6.07 Å². The SMILES string of the molecule is N#C[C@@]12CCCC[C@@H]1CC(=O)N2CCCO. The van der Waals surface area contributed by atoms with Crippen molar-refractivity contribution in [3.63, 3.8) is 0 Å². The van der Waals surface area contributed by atoms with Gasteiger partial charge in [0.2, 0.25) is 5.91 Å². The first-order valence-corrected chi connectivity index (χ1v) is 6.07. The summed E-state index contributed by atoms with van der Waals surface area (Å²) in [6, 6.07) is 2.39. The number of carbonyl (C=O) groups is 1. The van der Waals surface area contributed by atoms with Crippen molar-refractivity contribution in [2.45, 2.75) is 44.1 Å². The highest BCUT2D eigenvalue weighted by Crippen LogP contribution is 2.45. The number of fused-ring (bicyclic) bond motifs is 1. The second-order valence-corrected chi connectivity index (χ2v) is 4.81. The lowest BCUT2D eigenvalue weighted by molar-refractivity contribution is -0.130. The van der Waals surface area contributed by atoms with Gasteiger partial charge in [0.25, 0.3) is 0 Å². The Balaban J connectivity index is 2.21. The van der Waals surface area contributed by atoms with Crippen LogP contribution in [0.1, 0.15) is 38.5 Å². The minimum Gasteiger partial charge on any atom is -0.396 e. The van der Waals surface area contributed by atoms with Gasteiger partial charge in [-0.3, -0.25) is 4.79 Å². The van der Waals surface area contributed by atoms with Gasteiger partial charge >= 0.3 is 0 Å². The summed E-state index contributed by atoms with van der Waals surface area (Å²) in [5.74, 6) is 0.319. The number of likely N-dealkylation sites (tertiary alicyclic amines) is 1. The number of nitrogens with zero attached hydrogens (tertiary/aromatic N) is 2. The largest absolute Gasteiger partial charge is 0.396 e. The maximum absolute atomic E-state index is 11.9. The zero-order chi connectivity index (χ0) is 11.6. The molecule has 0 aromatic rings. The molecular formula is C12H18N2O2. The Morgan fingerprint density at radius 2 is 2.38 bits per heavy atom. The molecule has 4 heteroatoms. The van der Waals surface area contributed by atoms with Crippen LogP contribution in [0, 0.1) is 17.2 Å². The van der Waals surface area contributed by atoms with E-state index in [4.69, 9.17) is 5.11 Å². The summed E-state index contributed by atoms with van der Waals surface area (Å²) >= 11 is 0. The molecule has 4 nitrogen and oxygen atoms in total. The van der Waals surface area contributed by atoms with Crippen molar-refractivity contribution in [2.24, 2.45) is 5.92 Å². The molecule has 0 aromatic carbocycles. The molecule has 2 atom stereocenters. The highest BCUT2D eigenvalue weighted by atomic mass is 16.3. The lowest BCUT2D eigenvalue weighted by Crippen LogP contribution is -2.50. The number of rotatable bonds is 3. The fourth-order valence-corrected chi connectivity index (χ4v) is 3.16. The molecule has 2 aliphatic rings. The minimum atomic E-state index is -0.551. The standard InChI is InChI=1S/C12H18N2O2/c13-9-12-5-2-1-4-10(12)8-11(16)14(12)6-3-7-15/h10,15H,1-8H2/t10-,12+/m1/s1. The molecule has 0 radical (unpaired) electrons. The third-order valence-electron chi connectivity index (χ3n) is 3.97. The molecule has 1 saturated carbocycles. The van der Waals surface area contributed by atoms with Crippen molar-refractivity contribution >= 4 is 5.91 Å². The van der Waals surface area contributed by atoms with Crippen LogP contribution in [0.4, 0.5) is 0 Å². The molecule has 0 spiro atoms. The summed E-state index contributed by atoms with van der Waals surface area (Å²) in [7, 11) is 0. The van der Waals surface area contributed by atoms with E-state index >= 15 is 0 Å². The molecule has 2 rings (SSSR count). The molecule has 0 aromatic heterocycles. The Bertz CT molecular complexity index is 323. The van der Waals surface area contributed by atoms with Crippen molar-refractivity contribution in [1.82, 2.24) is 4.90 Å². The second-order valence-electron chi connectivity index (χ2n) is 4.81. The molecule has 2 fully saturated rings. The van der Waals surface area contributed by atoms with E-state index in [1.807, 2.05) is 0 Å². The van der Waals surface area contributed by atoms with Crippen molar-refractivity contribution in [3.8, 4) is 6.07 Å². The van der Waals surface area contributed by atoms with E-state index in [0.29, 0.717) is 19.4 Å². The van der Waals surface area contributed by atoms with Gasteiger partial charge in [0.15, 0.2) is 0 Å². The summed E-state index contributed by atoms with van der Waals surface area (Å²) in [5.41, 5.74) is -0.551. The molecule has 1 N–H and O–H groups in total. The monoisotopic (exact) mass is 222 g/mol. The maximum atomic E-state index is 11.9. The lowest BCUT2D eigenvalue weighted by atomic mass is 9.74. The highest BCUT2D eigenvalue weighted by molar-refractivity contribution is 5.81. The van der Waals surface area contributed by atoms with Crippen molar-refractivity contribution in [2.75, 3.05) is 13.2 Å². The van der Waals surface area contributed by atoms with Gasteiger partial charge in [0, 0.05) is 25.5 Å². The predicted molar refractivity (Wildman–Crippen MR) is 58.3 cm³/mol. The van der Waals surface area contributed by atoms with Crippen molar-refractivity contribution < 1.29 is 9.90 Å². The first kappa shape index (κ1) is 11.4. The van der Waals surface area contributed by atoms with E-state index in [1.54, 1.807) is 4.90 Å². The third kappa shape index (κ3) is 1.60. The minimum absolute atomic E-state index is 0.0793. The van der Waals surface area contributed by atoms with Crippen LogP contribution in [-0.2, 0) is 4.79 Å². The van der Waals surface area contributed by atoms with Crippen LogP contribution in [0.5, 0.6) is 0 Å². The number of aliphatic hydroxyl groups excluding tert-OH is 1. The van der Waals surface area contributed by atoms with Crippen LogP contribution in [0.25, 0.3) is 0 Å². The molecule has 1 aliphatic carbocycles. The van der Waals surface area contributed by atoms with Crippen LogP contribution >= 0.6 is 0 Å². The summed E-state index contributed by atoms with van der Waals surface area (Å²) in [6.07, 6.45) is 5.07. The summed E-state index contributed by atoms with van der Waals surface area (Å²) in [5, 5.41) is 18.3. The van der Waals surface area contributed by atoms with Crippen molar-refractivity contribution in [3.05, 3.63) is 0 Å². The third-order valence-corrected chi connectivity index (χ3v) is 3.97. The Morgan fingerprint density at radius 3 is 3.06 bits per heavy atom. The van der Waals surface area contributed by atoms with Crippen LogP contribution in [0.2, 0.25) is 0 Å². The number of aliphatic hydroxyl groups is 1. The first-order chi connectivity index (χ1) is 7.74. The van der Waals surface area contributed by atoms with Gasteiger partial charge in [-0.05, 0) is 19.3 Å². The number of carbonyl (C=O) groups excluding carboxylic acids is 1. The highest BCUT2D eigenvalue weighted by Gasteiger charge is 2.53. The van der Waals surface area contributed by atoms with E-state index in [0.717, 1.165) is 25.7 Å². The van der Waals surface area contributed by atoms with Crippen molar-refractivity contribution in [1.29, 1.82) is 5.26 Å².